The Balaban J connectivity index is 2.47. The Morgan fingerprint density at radius 3 is 2.69 bits per heavy atom. The third-order valence-corrected chi connectivity index (χ3v) is 3.55. The van der Waals surface area contributed by atoms with Crippen molar-refractivity contribution >= 4 is 10.0 Å². The maximum absolute atomic E-state index is 11.7. The molecule has 0 atom stereocenters. The van der Waals surface area contributed by atoms with Crippen molar-refractivity contribution < 1.29 is 8.42 Å². The second kappa shape index (κ2) is 5.45. The molecule has 0 fully saturated rings. The summed E-state index contributed by atoms with van der Waals surface area (Å²) in [5.41, 5.74) is 0. The molecule has 0 saturated carbocycles. The number of nitrogens with zero attached hydrogens (tertiary/aromatic N) is 2. The largest absolute Gasteiger partial charge is 0.339 e. The standard InChI is InChI=1S/C10H19N3O2S/c1-9(2)5-4-6-12-16(14,15)10-7-13(3)8-11-10/h7-9,12H,4-6H2,1-3H3. The molecule has 1 heterocycles. The Kier molecular flexibility index (Phi) is 4.49. The highest BCUT2D eigenvalue weighted by Gasteiger charge is 2.15. The van der Waals surface area contributed by atoms with E-state index in [0.29, 0.717) is 12.5 Å². The molecular weight excluding hydrogens is 226 g/mol. The Morgan fingerprint density at radius 1 is 1.50 bits per heavy atom. The Hall–Kier alpha value is -0.880. The molecular formula is C10H19N3O2S. The zero-order valence-electron chi connectivity index (χ0n) is 9.97. The van der Waals surface area contributed by atoms with Gasteiger partial charge in [-0.25, -0.2) is 18.1 Å². The van der Waals surface area contributed by atoms with Gasteiger partial charge in [0, 0.05) is 19.8 Å². The van der Waals surface area contributed by atoms with E-state index in [0.717, 1.165) is 12.8 Å². The first-order chi connectivity index (χ1) is 7.42. The first-order valence-corrected chi connectivity index (χ1v) is 6.88. The van der Waals surface area contributed by atoms with Gasteiger partial charge < -0.3 is 4.57 Å². The quantitative estimate of drug-likeness (QED) is 0.764. The van der Waals surface area contributed by atoms with Crippen molar-refractivity contribution in [3.05, 3.63) is 12.5 Å². The van der Waals surface area contributed by atoms with Crippen molar-refractivity contribution in [3.8, 4) is 0 Å². The summed E-state index contributed by atoms with van der Waals surface area (Å²) in [6.45, 7) is 4.71. The first kappa shape index (κ1) is 13.2. The minimum absolute atomic E-state index is 0.0829. The molecule has 0 aromatic carbocycles. The van der Waals surface area contributed by atoms with Crippen LogP contribution in [0.25, 0.3) is 0 Å². The van der Waals surface area contributed by atoms with Gasteiger partial charge in [0.1, 0.15) is 0 Å². The van der Waals surface area contributed by atoms with Crippen molar-refractivity contribution in [1.82, 2.24) is 14.3 Å². The van der Waals surface area contributed by atoms with Crippen molar-refractivity contribution in [3.63, 3.8) is 0 Å². The van der Waals surface area contributed by atoms with Gasteiger partial charge in [-0.2, -0.15) is 0 Å². The third kappa shape index (κ3) is 3.94. The lowest BCUT2D eigenvalue weighted by molar-refractivity contribution is 0.539. The van der Waals surface area contributed by atoms with Crippen LogP contribution in [0, 0.1) is 5.92 Å². The molecule has 1 aromatic heterocycles. The summed E-state index contributed by atoms with van der Waals surface area (Å²) in [5, 5.41) is 0.0829. The molecule has 0 amide bonds. The van der Waals surface area contributed by atoms with Gasteiger partial charge >= 0.3 is 0 Å². The molecule has 0 unspecified atom stereocenters. The average Bonchev–Trinajstić information content (AvgIpc) is 2.60. The number of hydrogen-bond acceptors (Lipinski definition) is 3. The minimum atomic E-state index is -3.42. The smallest absolute Gasteiger partial charge is 0.259 e. The zero-order chi connectivity index (χ0) is 12.2. The summed E-state index contributed by atoms with van der Waals surface area (Å²) in [6.07, 6.45) is 4.84. The highest BCUT2D eigenvalue weighted by atomic mass is 32.2. The van der Waals surface area contributed by atoms with Crippen molar-refractivity contribution in [2.24, 2.45) is 13.0 Å². The fourth-order valence-electron chi connectivity index (χ4n) is 1.32. The molecule has 6 heteroatoms. The Bertz CT molecular complexity index is 423. The summed E-state index contributed by atoms with van der Waals surface area (Å²) in [5.74, 6) is 0.597. The lowest BCUT2D eigenvalue weighted by Gasteiger charge is -2.05. The van der Waals surface area contributed by atoms with Crippen LogP contribution in [-0.4, -0.2) is 24.5 Å². The maximum atomic E-state index is 11.7. The number of rotatable bonds is 6. The van der Waals surface area contributed by atoms with Crippen LogP contribution in [0.15, 0.2) is 17.6 Å². The lowest BCUT2D eigenvalue weighted by Crippen LogP contribution is -2.25. The van der Waals surface area contributed by atoms with E-state index in [1.54, 1.807) is 11.6 Å². The monoisotopic (exact) mass is 245 g/mol. The molecule has 92 valence electrons. The van der Waals surface area contributed by atoms with Crippen LogP contribution in [0.4, 0.5) is 0 Å². The van der Waals surface area contributed by atoms with E-state index in [1.807, 2.05) is 0 Å². The van der Waals surface area contributed by atoms with Crippen LogP contribution >= 0.6 is 0 Å². The van der Waals surface area contributed by atoms with Crippen molar-refractivity contribution in [1.29, 1.82) is 0 Å². The third-order valence-electron chi connectivity index (χ3n) is 2.21. The van der Waals surface area contributed by atoms with Crippen LogP contribution in [0.5, 0.6) is 0 Å². The SMILES string of the molecule is CC(C)CCCNS(=O)(=O)c1cn(C)cn1. The van der Waals surface area contributed by atoms with Crippen LogP contribution in [0.3, 0.4) is 0 Å². The van der Waals surface area contributed by atoms with Gasteiger partial charge in [-0.15, -0.1) is 0 Å². The van der Waals surface area contributed by atoms with Crippen molar-refractivity contribution in [2.75, 3.05) is 6.54 Å². The number of imidazole rings is 1. The lowest BCUT2D eigenvalue weighted by atomic mass is 10.1. The molecule has 0 spiro atoms. The molecule has 1 rings (SSSR count). The average molecular weight is 245 g/mol. The Morgan fingerprint density at radius 2 is 2.19 bits per heavy atom. The summed E-state index contributed by atoms with van der Waals surface area (Å²) in [7, 11) is -1.68. The first-order valence-electron chi connectivity index (χ1n) is 5.39. The molecule has 0 bridgehead atoms. The van der Waals surface area contributed by atoms with Gasteiger partial charge in [0.15, 0.2) is 5.03 Å². The molecule has 16 heavy (non-hydrogen) atoms. The molecule has 0 saturated heterocycles. The number of aryl methyl sites for hydroxylation is 1. The number of nitrogens with one attached hydrogen (secondary N) is 1. The van der Waals surface area contributed by atoms with Crippen LogP contribution in [-0.2, 0) is 17.1 Å². The maximum Gasteiger partial charge on any atom is 0.259 e. The Labute approximate surface area is 96.9 Å². The van der Waals surface area contributed by atoms with E-state index in [4.69, 9.17) is 0 Å². The predicted molar refractivity (Wildman–Crippen MR) is 62.5 cm³/mol. The number of sulfonamides is 1. The molecule has 0 aliphatic carbocycles. The molecule has 0 radical (unpaired) electrons. The summed E-state index contributed by atoms with van der Waals surface area (Å²) in [6, 6.07) is 0. The van der Waals surface area contributed by atoms with E-state index in [9.17, 15) is 8.42 Å². The summed E-state index contributed by atoms with van der Waals surface area (Å²) >= 11 is 0. The fourth-order valence-corrected chi connectivity index (χ4v) is 2.37. The van der Waals surface area contributed by atoms with Crippen LogP contribution < -0.4 is 4.72 Å². The normalized spacial score (nSPS) is 12.2. The van der Waals surface area contributed by atoms with Crippen molar-refractivity contribution in [2.45, 2.75) is 31.7 Å². The van der Waals surface area contributed by atoms with E-state index >= 15 is 0 Å². The van der Waals surface area contributed by atoms with Crippen LogP contribution in [0.1, 0.15) is 26.7 Å². The van der Waals surface area contributed by atoms with Gasteiger partial charge in [0.2, 0.25) is 0 Å². The van der Waals surface area contributed by atoms with E-state index in [-0.39, 0.29) is 5.03 Å². The minimum Gasteiger partial charge on any atom is -0.339 e. The van der Waals surface area contributed by atoms with E-state index in [1.165, 1.54) is 12.5 Å². The van der Waals surface area contributed by atoms with Gasteiger partial charge in [0.05, 0.1) is 6.33 Å². The second-order valence-electron chi connectivity index (χ2n) is 4.31. The molecule has 0 aliphatic rings. The highest BCUT2D eigenvalue weighted by molar-refractivity contribution is 7.89. The van der Waals surface area contributed by atoms with Gasteiger partial charge in [-0.3, -0.25) is 0 Å². The zero-order valence-corrected chi connectivity index (χ0v) is 10.8. The van der Waals surface area contributed by atoms with E-state index < -0.39 is 10.0 Å². The number of hydrogen-bond donors (Lipinski definition) is 1. The van der Waals surface area contributed by atoms with Gasteiger partial charge in [-0.1, -0.05) is 13.8 Å². The summed E-state index contributed by atoms with van der Waals surface area (Å²) in [4.78, 5) is 3.81. The van der Waals surface area contributed by atoms with E-state index in [2.05, 4.69) is 23.6 Å². The predicted octanol–water partition coefficient (Wildman–Crippen LogP) is 1.13. The van der Waals surface area contributed by atoms with Crippen LogP contribution in [0.2, 0.25) is 0 Å². The van der Waals surface area contributed by atoms with Gasteiger partial charge in [0.25, 0.3) is 10.0 Å². The highest BCUT2D eigenvalue weighted by Crippen LogP contribution is 2.06. The number of aromatic nitrogens is 2. The molecule has 1 aromatic rings. The fraction of sp³-hybridized carbons (Fsp3) is 0.700. The summed E-state index contributed by atoms with van der Waals surface area (Å²) < 4.78 is 27.6. The molecule has 5 nitrogen and oxygen atoms in total. The second-order valence-corrected chi connectivity index (χ2v) is 6.03. The van der Waals surface area contributed by atoms with Gasteiger partial charge in [-0.05, 0) is 18.8 Å². The topological polar surface area (TPSA) is 64.0 Å². The molecule has 0 aliphatic heterocycles. The molecule has 1 N–H and O–H groups in total.